The van der Waals surface area contributed by atoms with Gasteiger partial charge in [0.1, 0.15) is 12.1 Å². The first-order valence-electron chi connectivity index (χ1n) is 4.89. The van der Waals surface area contributed by atoms with Gasteiger partial charge in [-0.15, -0.1) is 0 Å². The van der Waals surface area contributed by atoms with E-state index in [1.165, 1.54) is 0 Å². The molecule has 106 valence electrons. The van der Waals surface area contributed by atoms with Crippen molar-refractivity contribution in [3.05, 3.63) is 0 Å². The van der Waals surface area contributed by atoms with Crippen molar-refractivity contribution < 1.29 is 29.7 Å². The summed E-state index contributed by atoms with van der Waals surface area (Å²) in [6.07, 6.45) is 1.94. The second-order valence-electron chi connectivity index (χ2n) is 3.27. The molecule has 0 aliphatic rings. The Labute approximate surface area is 108 Å². The lowest BCUT2D eigenvalue weighted by molar-refractivity contribution is -0.144. The van der Waals surface area contributed by atoms with Gasteiger partial charge in [-0.3, -0.25) is 14.4 Å². The molecule has 0 unspecified atom stereocenters. The SMILES string of the molecule is CSCC[C@H](N)C(=O)O.N[C@@H](CC(=O)O)C(=O)O. The van der Waals surface area contributed by atoms with Gasteiger partial charge < -0.3 is 26.8 Å². The van der Waals surface area contributed by atoms with E-state index in [2.05, 4.69) is 0 Å². The van der Waals surface area contributed by atoms with Crippen LogP contribution in [0.2, 0.25) is 0 Å². The Morgan fingerprint density at radius 2 is 1.50 bits per heavy atom. The van der Waals surface area contributed by atoms with Crippen LogP contribution >= 0.6 is 11.8 Å². The fourth-order valence-electron chi connectivity index (χ4n) is 0.644. The largest absolute Gasteiger partial charge is 0.481 e. The van der Waals surface area contributed by atoms with Crippen LogP contribution in [0.3, 0.4) is 0 Å². The van der Waals surface area contributed by atoms with Gasteiger partial charge in [-0.1, -0.05) is 0 Å². The zero-order chi connectivity index (χ0) is 14.7. The number of rotatable bonds is 7. The Morgan fingerprint density at radius 3 is 1.72 bits per heavy atom. The van der Waals surface area contributed by atoms with Crippen LogP contribution in [0.5, 0.6) is 0 Å². The molecule has 0 aromatic heterocycles. The number of carboxylic acids is 3. The molecule has 0 saturated carbocycles. The normalized spacial score (nSPS) is 12.8. The predicted molar refractivity (Wildman–Crippen MR) is 66.5 cm³/mol. The molecule has 9 heteroatoms. The Hall–Kier alpha value is -1.32. The molecule has 0 aliphatic carbocycles. The molecule has 0 aromatic rings. The minimum absolute atomic E-state index is 0.532. The van der Waals surface area contributed by atoms with Crippen LogP contribution in [0.1, 0.15) is 12.8 Å². The van der Waals surface area contributed by atoms with Crippen LogP contribution in [0, 0.1) is 0 Å². The summed E-state index contributed by atoms with van der Waals surface area (Å²) in [5.41, 5.74) is 10.0. The zero-order valence-electron chi connectivity index (χ0n) is 9.91. The summed E-state index contributed by atoms with van der Waals surface area (Å²) in [7, 11) is 0. The Kier molecular flexibility index (Phi) is 11.4. The number of aliphatic carboxylic acids is 3. The minimum Gasteiger partial charge on any atom is -0.481 e. The Morgan fingerprint density at radius 1 is 1.06 bits per heavy atom. The highest BCUT2D eigenvalue weighted by Gasteiger charge is 2.14. The van der Waals surface area contributed by atoms with Gasteiger partial charge in [0.05, 0.1) is 6.42 Å². The summed E-state index contributed by atoms with van der Waals surface area (Å²) in [6, 6.07) is -1.97. The second kappa shape index (κ2) is 10.8. The van der Waals surface area contributed by atoms with Crippen LogP contribution in [0.25, 0.3) is 0 Å². The molecule has 0 fully saturated rings. The smallest absolute Gasteiger partial charge is 0.321 e. The molecule has 0 spiro atoms. The lowest BCUT2D eigenvalue weighted by Gasteiger charge is -2.02. The average Bonchev–Trinajstić information content (AvgIpc) is 2.25. The first-order valence-corrected chi connectivity index (χ1v) is 6.29. The van der Waals surface area contributed by atoms with Crippen LogP contribution in [0.15, 0.2) is 0 Å². The van der Waals surface area contributed by atoms with Gasteiger partial charge in [0, 0.05) is 0 Å². The lowest BCUT2D eigenvalue weighted by Crippen LogP contribution is -2.32. The van der Waals surface area contributed by atoms with Gasteiger partial charge in [0.25, 0.3) is 0 Å². The zero-order valence-corrected chi connectivity index (χ0v) is 10.7. The molecule has 0 radical (unpaired) electrons. The third-order valence-corrected chi connectivity index (χ3v) is 2.31. The van der Waals surface area contributed by atoms with Crippen molar-refractivity contribution in [1.82, 2.24) is 0 Å². The van der Waals surface area contributed by atoms with Gasteiger partial charge in [0.2, 0.25) is 0 Å². The molecule has 18 heavy (non-hydrogen) atoms. The first-order chi connectivity index (χ1) is 8.22. The molecule has 0 heterocycles. The fourth-order valence-corrected chi connectivity index (χ4v) is 1.13. The number of hydrogen-bond acceptors (Lipinski definition) is 6. The van der Waals surface area contributed by atoms with E-state index in [1.54, 1.807) is 11.8 Å². The summed E-state index contributed by atoms with van der Waals surface area (Å²) in [5.74, 6) is -2.60. The standard InChI is InChI=1S/C5H11NO2S.C4H7NO4/c1-9-3-2-4(6)5(7)8;5-2(4(8)9)1-3(6)7/h4H,2-3,6H2,1H3,(H,7,8);2H,1,5H2,(H,6,7)(H,8,9)/t4-;2-/m00/s1. The van der Waals surface area contributed by atoms with Crippen molar-refractivity contribution >= 4 is 29.7 Å². The second-order valence-corrected chi connectivity index (χ2v) is 4.25. The number of thioether (sulfide) groups is 1. The summed E-state index contributed by atoms with van der Waals surface area (Å²) >= 11 is 1.60. The molecule has 0 bridgehead atoms. The molecular weight excluding hydrogens is 264 g/mol. The molecule has 0 saturated heterocycles. The van der Waals surface area contributed by atoms with E-state index in [9.17, 15) is 14.4 Å². The van der Waals surface area contributed by atoms with Crippen LogP contribution in [-0.2, 0) is 14.4 Å². The third kappa shape index (κ3) is 12.7. The summed E-state index contributed by atoms with van der Waals surface area (Å²) in [4.78, 5) is 29.7. The molecule has 0 amide bonds. The number of carboxylic acid groups (broad SMARTS) is 3. The minimum atomic E-state index is -1.29. The molecule has 7 N–H and O–H groups in total. The van der Waals surface area contributed by atoms with Crippen molar-refractivity contribution in [2.45, 2.75) is 24.9 Å². The number of hydrogen-bond donors (Lipinski definition) is 5. The molecule has 0 aliphatic heterocycles. The molecule has 8 nitrogen and oxygen atoms in total. The van der Waals surface area contributed by atoms with Crippen LogP contribution < -0.4 is 11.5 Å². The van der Waals surface area contributed by atoms with Gasteiger partial charge in [0.15, 0.2) is 0 Å². The quantitative estimate of drug-likeness (QED) is 0.394. The highest BCUT2D eigenvalue weighted by atomic mass is 32.2. The van der Waals surface area contributed by atoms with Gasteiger partial charge in [-0.2, -0.15) is 11.8 Å². The maximum Gasteiger partial charge on any atom is 0.321 e. The maximum atomic E-state index is 10.1. The van der Waals surface area contributed by atoms with Gasteiger partial charge in [-0.25, -0.2) is 0 Å². The predicted octanol–water partition coefficient (Wildman–Crippen LogP) is -0.976. The highest BCUT2D eigenvalue weighted by Crippen LogP contribution is 1.97. The van der Waals surface area contributed by atoms with Gasteiger partial charge >= 0.3 is 17.9 Å². The summed E-state index contributed by atoms with van der Waals surface area (Å²) < 4.78 is 0. The highest BCUT2D eigenvalue weighted by molar-refractivity contribution is 7.98. The van der Waals surface area contributed by atoms with Crippen molar-refractivity contribution in [2.75, 3.05) is 12.0 Å². The van der Waals surface area contributed by atoms with E-state index in [1.807, 2.05) is 6.26 Å². The molecule has 0 rings (SSSR count). The van der Waals surface area contributed by atoms with Crippen molar-refractivity contribution in [2.24, 2.45) is 11.5 Å². The van der Waals surface area contributed by atoms with E-state index in [0.717, 1.165) is 5.75 Å². The van der Waals surface area contributed by atoms with E-state index >= 15 is 0 Å². The average molecular weight is 282 g/mol. The van der Waals surface area contributed by atoms with Crippen molar-refractivity contribution in [1.29, 1.82) is 0 Å². The first kappa shape index (κ1) is 19.0. The van der Waals surface area contributed by atoms with E-state index in [4.69, 9.17) is 26.8 Å². The summed E-state index contributed by atoms with van der Waals surface area (Å²) in [6.45, 7) is 0. The lowest BCUT2D eigenvalue weighted by atomic mass is 10.2. The monoisotopic (exact) mass is 282 g/mol. The van der Waals surface area contributed by atoms with Gasteiger partial charge in [-0.05, 0) is 18.4 Å². The van der Waals surface area contributed by atoms with Crippen LogP contribution in [0.4, 0.5) is 0 Å². The van der Waals surface area contributed by atoms with E-state index in [-0.39, 0.29) is 0 Å². The van der Waals surface area contributed by atoms with Crippen molar-refractivity contribution in [3.8, 4) is 0 Å². The molecule has 2 atom stereocenters. The Balaban J connectivity index is 0. The number of carbonyl (C=O) groups is 3. The van der Waals surface area contributed by atoms with Crippen molar-refractivity contribution in [3.63, 3.8) is 0 Å². The summed E-state index contributed by atoms with van der Waals surface area (Å²) in [5, 5.41) is 24.3. The maximum absolute atomic E-state index is 10.1. The molecule has 0 aromatic carbocycles. The number of nitrogens with two attached hydrogens (primary N) is 2. The van der Waals surface area contributed by atoms with E-state index in [0.29, 0.717) is 6.42 Å². The topological polar surface area (TPSA) is 164 Å². The Bertz CT molecular complexity index is 286. The van der Waals surface area contributed by atoms with E-state index < -0.39 is 36.4 Å². The fraction of sp³-hybridized carbons (Fsp3) is 0.667. The third-order valence-electron chi connectivity index (χ3n) is 1.66. The molecular formula is C9H18N2O6S. The van der Waals surface area contributed by atoms with Crippen LogP contribution in [-0.4, -0.2) is 57.3 Å².